The Morgan fingerprint density at radius 2 is 1.56 bits per heavy atom. The van der Waals surface area contributed by atoms with E-state index in [0.29, 0.717) is 32.1 Å². The van der Waals surface area contributed by atoms with E-state index in [-0.39, 0.29) is 11.5 Å². The standard InChI is InChI=1S/C21H19FN4O/c22-19-8-7-17(16-5-2-1-3-6-16)15-18(19)20(27)25-11-13-26(14-12-25)21-23-9-4-10-24-21/h1-10,15H,11-14H2. The van der Waals surface area contributed by atoms with Crippen molar-refractivity contribution in [3.05, 3.63) is 78.4 Å². The number of hydrogen-bond donors (Lipinski definition) is 0. The van der Waals surface area contributed by atoms with Crippen LogP contribution in [-0.2, 0) is 0 Å². The number of carbonyl (C=O) groups is 1. The number of hydrogen-bond acceptors (Lipinski definition) is 4. The van der Waals surface area contributed by atoms with Crippen LogP contribution in [0.3, 0.4) is 0 Å². The van der Waals surface area contributed by atoms with E-state index < -0.39 is 5.82 Å². The first kappa shape index (κ1) is 17.1. The zero-order chi connectivity index (χ0) is 18.6. The van der Waals surface area contributed by atoms with Gasteiger partial charge >= 0.3 is 0 Å². The van der Waals surface area contributed by atoms with E-state index in [1.165, 1.54) is 6.07 Å². The molecule has 1 amide bonds. The third kappa shape index (κ3) is 3.65. The number of carbonyl (C=O) groups excluding carboxylic acids is 1. The van der Waals surface area contributed by atoms with E-state index in [2.05, 4.69) is 9.97 Å². The highest BCUT2D eigenvalue weighted by molar-refractivity contribution is 5.96. The molecule has 27 heavy (non-hydrogen) atoms. The van der Waals surface area contributed by atoms with Gasteiger partial charge in [-0.15, -0.1) is 0 Å². The second kappa shape index (κ2) is 7.53. The maximum Gasteiger partial charge on any atom is 0.256 e. The third-order valence-electron chi connectivity index (χ3n) is 4.71. The second-order valence-corrected chi connectivity index (χ2v) is 6.39. The van der Waals surface area contributed by atoms with Gasteiger partial charge in [-0.05, 0) is 29.3 Å². The Labute approximate surface area is 157 Å². The molecular weight excluding hydrogens is 343 g/mol. The van der Waals surface area contributed by atoms with Crippen LogP contribution in [-0.4, -0.2) is 47.0 Å². The molecule has 6 heteroatoms. The lowest BCUT2D eigenvalue weighted by Gasteiger charge is -2.34. The summed E-state index contributed by atoms with van der Waals surface area (Å²) in [5.41, 5.74) is 1.90. The molecule has 1 fully saturated rings. The minimum Gasteiger partial charge on any atom is -0.337 e. The highest BCUT2D eigenvalue weighted by atomic mass is 19.1. The van der Waals surface area contributed by atoms with Gasteiger partial charge in [0.15, 0.2) is 0 Å². The lowest BCUT2D eigenvalue weighted by atomic mass is 10.0. The van der Waals surface area contributed by atoms with Crippen molar-refractivity contribution < 1.29 is 9.18 Å². The van der Waals surface area contributed by atoms with Gasteiger partial charge < -0.3 is 9.80 Å². The third-order valence-corrected chi connectivity index (χ3v) is 4.71. The summed E-state index contributed by atoms with van der Waals surface area (Å²) in [5, 5.41) is 0. The minimum absolute atomic E-state index is 0.112. The second-order valence-electron chi connectivity index (χ2n) is 6.39. The molecule has 0 unspecified atom stereocenters. The number of piperazine rings is 1. The van der Waals surface area contributed by atoms with Gasteiger partial charge in [0.2, 0.25) is 5.95 Å². The van der Waals surface area contributed by atoms with Gasteiger partial charge in [-0.3, -0.25) is 4.79 Å². The fraction of sp³-hybridized carbons (Fsp3) is 0.190. The summed E-state index contributed by atoms with van der Waals surface area (Å²) in [6.07, 6.45) is 3.40. The Balaban J connectivity index is 1.50. The first-order chi connectivity index (χ1) is 13.2. The predicted molar refractivity (Wildman–Crippen MR) is 102 cm³/mol. The smallest absolute Gasteiger partial charge is 0.256 e. The Kier molecular flexibility index (Phi) is 4.78. The largest absolute Gasteiger partial charge is 0.337 e. The molecular formula is C21H19FN4O. The van der Waals surface area contributed by atoms with Crippen LogP contribution in [0.25, 0.3) is 11.1 Å². The number of aromatic nitrogens is 2. The molecule has 3 aromatic rings. The van der Waals surface area contributed by atoms with Crippen LogP contribution in [0.4, 0.5) is 10.3 Å². The average Bonchev–Trinajstić information content (AvgIpc) is 2.75. The van der Waals surface area contributed by atoms with Crippen molar-refractivity contribution in [2.45, 2.75) is 0 Å². The molecule has 2 aromatic carbocycles. The molecule has 0 atom stereocenters. The van der Waals surface area contributed by atoms with Gasteiger partial charge in [0, 0.05) is 38.6 Å². The molecule has 4 rings (SSSR count). The van der Waals surface area contributed by atoms with Crippen molar-refractivity contribution in [2.24, 2.45) is 0 Å². The summed E-state index contributed by atoms with van der Waals surface area (Å²) in [6, 6.07) is 16.1. The number of anilines is 1. The van der Waals surface area contributed by atoms with Crippen molar-refractivity contribution in [3.63, 3.8) is 0 Å². The van der Waals surface area contributed by atoms with Crippen LogP contribution in [0.15, 0.2) is 67.0 Å². The van der Waals surface area contributed by atoms with Crippen LogP contribution in [0.1, 0.15) is 10.4 Å². The van der Waals surface area contributed by atoms with Crippen molar-refractivity contribution in [3.8, 4) is 11.1 Å². The van der Waals surface area contributed by atoms with Crippen molar-refractivity contribution in [1.82, 2.24) is 14.9 Å². The van der Waals surface area contributed by atoms with E-state index in [0.717, 1.165) is 11.1 Å². The van der Waals surface area contributed by atoms with Gasteiger partial charge in [0.25, 0.3) is 5.91 Å². The topological polar surface area (TPSA) is 49.3 Å². The van der Waals surface area contributed by atoms with Crippen molar-refractivity contribution >= 4 is 11.9 Å². The van der Waals surface area contributed by atoms with Crippen LogP contribution in [0.5, 0.6) is 0 Å². The van der Waals surface area contributed by atoms with Gasteiger partial charge in [0.1, 0.15) is 5.82 Å². The lowest BCUT2D eigenvalue weighted by molar-refractivity contribution is 0.0741. The normalized spacial score (nSPS) is 14.3. The van der Waals surface area contributed by atoms with Crippen molar-refractivity contribution in [1.29, 1.82) is 0 Å². The summed E-state index contributed by atoms with van der Waals surface area (Å²) in [5.74, 6) is -0.116. The molecule has 1 aliphatic heterocycles. The number of amides is 1. The summed E-state index contributed by atoms with van der Waals surface area (Å²) < 4.78 is 14.4. The summed E-state index contributed by atoms with van der Waals surface area (Å²) in [4.78, 5) is 25.1. The number of nitrogens with zero attached hydrogens (tertiary/aromatic N) is 4. The molecule has 1 aliphatic rings. The van der Waals surface area contributed by atoms with Gasteiger partial charge in [0.05, 0.1) is 5.56 Å². The minimum atomic E-state index is -0.492. The Hall–Kier alpha value is -3.28. The molecule has 2 heterocycles. The fourth-order valence-corrected chi connectivity index (χ4v) is 3.23. The lowest BCUT2D eigenvalue weighted by Crippen LogP contribution is -2.49. The van der Waals surface area contributed by atoms with Gasteiger partial charge in [-0.2, -0.15) is 0 Å². The summed E-state index contributed by atoms with van der Waals surface area (Å²) in [6.45, 7) is 2.25. The van der Waals surface area contributed by atoms with Crippen LogP contribution >= 0.6 is 0 Å². The number of benzene rings is 2. The Bertz CT molecular complexity index is 925. The Morgan fingerprint density at radius 3 is 2.26 bits per heavy atom. The molecule has 0 N–H and O–H groups in total. The molecule has 0 spiro atoms. The van der Waals surface area contributed by atoms with Crippen LogP contribution in [0, 0.1) is 5.82 Å². The monoisotopic (exact) mass is 362 g/mol. The summed E-state index contributed by atoms with van der Waals surface area (Å²) >= 11 is 0. The van der Waals surface area contributed by atoms with E-state index in [1.54, 1.807) is 35.5 Å². The predicted octanol–water partition coefficient (Wildman–Crippen LogP) is 3.25. The van der Waals surface area contributed by atoms with Gasteiger partial charge in [-0.25, -0.2) is 14.4 Å². The molecule has 136 valence electrons. The van der Waals surface area contributed by atoms with E-state index in [9.17, 15) is 9.18 Å². The zero-order valence-electron chi connectivity index (χ0n) is 14.8. The average molecular weight is 362 g/mol. The van der Waals surface area contributed by atoms with E-state index in [1.807, 2.05) is 35.2 Å². The van der Waals surface area contributed by atoms with Crippen LogP contribution in [0.2, 0.25) is 0 Å². The molecule has 0 saturated carbocycles. The SMILES string of the molecule is O=C(c1cc(-c2ccccc2)ccc1F)N1CCN(c2ncccn2)CC1. The first-order valence-corrected chi connectivity index (χ1v) is 8.88. The molecule has 1 saturated heterocycles. The molecule has 5 nitrogen and oxygen atoms in total. The van der Waals surface area contributed by atoms with E-state index >= 15 is 0 Å². The Morgan fingerprint density at radius 1 is 0.852 bits per heavy atom. The molecule has 0 aliphatic carbocycles. The highest BCUT2D eigenvalue weighted by Crippen LogP contribution is 2.23. The zero-order valence-corrected chi connectivity index (χ0v) is 14.8. The molecule has 1 aromatic heterocycles. The summed E-state index contributed by atoms with van der Waals surface area (Å²) in [7, 11) is 0. The highest BCUT2D eigenvalue weighted by Gasteiger charge is 2.25. The quantitative estimate of drug-likeness (QED) is 0.718. The van der Waals surface area contributed by atoms with Crippen LogP contribution < -0.4 is 4.90 Å². The van der Waals surface area contributed by atoms with Crippen molar-refractivity contribution in [2.75, 3.05) is 31.1 Å². The maximum absolute atomic E-state index is 14.4. The first-order valence-electron chi connectivity index (χ1n) is 8.88. The van der Waals surface area contributed by atoms with Gasteiger partial charge in [-0.1, -0.05) is 36.4 Å². The maximum atomic E-state index is 14.4. The molecule has 0 bridgehead atoms. The number of halogens is 1. The van der Waals surface area contributed by atoms with E-state index in [4.69, 9.17) is 0 Å². The molecule has 0 radical (unpaired) electrons. The number of rotatable bonds is 3. The fourth-order valence-electron chi connectivity index (χ4n) is 3.23.